The van der Waals surface area contributed by atoms with Crippen LogP contribution in [0.1, 0.15) is 30.9 Å². The van der Waals surface area contributed by atoms with Crippen LogP contribution >= 0.6 is 0 Å². The monoisotopic (exact) mass is 382 g/mol. The number of aliphatic imine (C=N–C) groups is 1. The van der Waals surface area contributed by atoms with Crippen molar-refractivity contribution >= 4 is 18.0 Å². The van der Waals surface area contributed by atoms with Gasteiger partial charge in [0.1, 0.15) is 0 Å². The molecule has 4 nitrogen and oxygen atoms in total. The molecule has 0 spiro atoms. The Kier molecular flexibility index (Phi) is 4.58. The van der Waals surface area contributed by atoms with Crippen molar-refractivity contribution in [3.8, 4) is 11.3 Å². The zero-order valence-electron chi connectivity index (χ0n) is 15.1. The summed E-state index contributed by atoms with van der Waals surface area (Å²) in [5, 5.41) is 6.12. The van der Waals surface area contributed by atoms with Crippen LogP contribution in [0.2, 0.25) is 0 Å². The van der Waals surface area contributed by atoms with Gasteiger partial charge in [0, 0.05) is 41.5 Å². The Morgan fingerprint density at radius 3 is 2.79 bits per heavy atom. The van der Waals surface area contributed by atoms with E-state index in [1.807, 2.05) is 25.4 Å². The number of pyridine rings is 1. The average molecular weight is 382 g/mol. The third-order valence-corrected chi connectivity index (χ3v) is 4.62. The molecule has 1 aromatic heterocycles. The minimum Gasteiger partial charge on any atom is -0.256 e. The minimum absolute atomic E-state index is 0.400. The molecule has 2 aliphatic rings. The summed E-state index contributed by atoms with van der Waals surface area (Å²) in [6, 6.07) is 8.77. The number of hydrogen-bond donors (Lipinski definition) is 0. The number of rotatable bonds is 2. The summed E-state index contributed by atoms with van der Waals surface area (Å²) in [4.78, 5) is 8.88. The molecule has 0 amide bonds. The van der Waals surface area contributed by atoms with E-state index in [2.05, 4.69) is 15.1 Å². The van der Waals surface area contributed by atoms with Crippen LogP contribution in [0, 0.1) is 0 Å². The Morgan fingerprint density at radius 2 is 1.96 bits per heavy atom. The third-order valence-electron chi connectivity index (χ3n) is 4.62. The second-order valence-electron chi connectivity index (χ2n) is 6.61. The van der Waals surface area contributed by atoms with Gasteiger partial charge in [-0.2, -0.15) is 18.3 Å². The molecule has 0 saturated carbocycles. The fourth-order valence-electron chi connectivity index (χ4n) is 3.20. The maximum Gasteiger partial charge on any atom is 0.416 e. The zero-order chi connectivity index (χ0) is 19.7. The Morgan fingerprint density at radius 1 is 1.11 bits per heavy atom. The van der Waals surface area contributed by atoms with Crippen molar-refractivity contribution in [3.05, 3.63) is 71.3 Å². The zero-order valence-corrected chi connectivity index (χ0v) is 15.1. The van der Waals surface area contributed by atoms with E-state index in [0.29, 0.717) is 16.8 Å². The summed E-state index contributed by atoms with van der Waals surface area (Å²) in [7, 11) is 0. The predicted octanol–water partition coefficient (Wildman–Crippen LogP) is 5.51. The molecule has 2 aromatic rings. The molecule has 0 fully saturated rings. The largest absolute Gasteiger partial charge is 0.416 e. The van der Waals surface area contributed by atoms with Crippen molar-refractivity contribution in [1.82, 2.24) is 9.99 Å². The van der Waals surface area contributed by atoms with Crippen LogP contribution in [0.25, 0.3) is 16.8 Å². The third kappa shape index (κ3) is 3.47. The Bertz CT molecular complexity index is 1030. The van der Waals surface area contributed by atoms with Crippen LogP contribution in [0.15, 0.2) is 70.3 Å². The number of hydrogen-bond acceptors (Lipinski definition) is 4. The second-order valence-corrected chi connectivity index (χ2v) is 6.61. The van der Waals surface area contributed by atoms with Gasteiger partial charge in [-0.3, -0.25) is 4.98 Å². The topological polar surface area (TPSA) is 40.9 Å². The first kappa shape index (κ1) is 18.2. The smallest absolute Gasteiger partial charge is 0.256 e. The van der Waals surface area contributed by atoms with E-state index in [1.54, 1.807) is 29.6 Å². The Balaban J connectivity index is 1.79. The Labute approximate surface area is 160 Å². The highest BCUT2D eigenvalue weighted by molar-refractivity contribution is 6.12. The SMILES string of the molecule is CC1=C2N=CC(c3cccnc3-c3cccc(C(F)(F)F)c3)=CN2N=CCC1. The molecule has 28 heavy (non-hydrogen) atoms. The van der Waals surface area contributed by atoms with Crippen LogP contribution in [0.4, 0.5) is 13.2 Å². The molecule has 3 heterocycles. The lowest BCUT2D eigenvalue weighted by Crippen LogP contribution is -2.14. The molecular weight excluding hydrogens is 365 g/mol. The van der Waals surface area contributed by atoms with Gasteiger partial charge in [0.2, 0.25) is 0 Å². The second kappa shape index (κ2) is 7.07. The molecule has 2 aliphatic heterocycles. The molecule has 0 saturated heterocycles. The summed E-state index contributed by atoms with van der Waals surface area (Å²) in [6.07, 6.45) is 4.27. The van der Waals surface area contributed by atoms with Gasteiger partial charge < -0.3 is 0 Å². The highest BCUT2D eigenvalue weighted by atomic mass is 19.4. The lowest BCUT2D eigenvalue weighted by Gasteiger charge is -2.21. The van der Waals surface area contributed by atoms with Gasteiger partial charge >= 0.3 is 6.18 Å². The lowest BCUT2D eigenvalue weighted by molar-refractivity contribution is -0.137. The van der Waals surface area contributed by atoms with Crippen molar-refractivity contribution in [2.75, 3.05) is 0 Å². The van der Waals surface area contributed by atoms with E-state index in [9.17, 15) is 13.2 Å². The maximum absolute atomic E-state index is 13.1. The van der Waals surface area contributed by atoms with Crippen LogP contribution in [0.3, 0.4) is 0 Å². The van der Waals surface area contributed by atoms with E-state index >= 15 is 0 Å². The van der Waals surface area contributed by atoms with E-state index in [4.69, 9.17) is 0 Å². The van der Waals surface area contributed by atoms with Crippen molar-refractivity contribution in [3.63, 3.8) is 0 Å². The van der Waals surface area contributed by atoms with Gasteiger partial charge in [-0.1, -0.05) is 18.2 Å². The molecule has 0 atom stereocenters. The number of hydrazone groups is 1. The quantitative estimate of drug-likeness (QED) is 0.688. The van der Waals surface area contributed by atoms with Crippen molar-refractivity contribution in [2.45, 2.75) is 25.9 Å². The highest BCUT2D eigenvalue weighted by Gasteiger charge is 2.30. The van der Waals surface area contributed by atoms with E-state index in [1.165, 1.54) is 6.07 Å². The number of allylic oxidation sites excluding steroid dienone is 2. The van der Waals surface area contributed by atoms with Gasteiger partial charge in [-0.15, -0.1) is 0 Å². The average Bonchev–Trinajstić information content (AvgIpc) is 2.88. The van der Waals surface area contributed by atoms with Crippen LogP contribution in [-0.4, -0.2) is 22.4 Å². The van der Waals surface area contributed by atoms with E-state index in [0.717, 1.165) is 41.9 Å². The molecule has 0 N–H and O–H groups in total. The number of nitrogens with zero attached hydrogens (tertiary/aromatic N) is 4. The predicted molar refractivity (Wildman–Crippen MR) is 103 cm³/mol. The summed E-state index contributed by atoms with van der Waals surface area (Å²) in [5.41, 5.74) is 2.72. The molecule has 1 aromatic carbocycles. The fourth-order valence-corrected chi connectivity index (χ4v) is 3.20. The first-order chi connectivity index (χ1) is 13.4. The van der Waals surface area contributed by atoms with E-state index in [-0.39, 0.29) is 0 Å². The molecule has 0 radical (unpaired) electrons. The summed E-state index contributed by atoms with van der Waals surface area (Å²) in [6.45, 7) is 2.02. The molecule has 0 aliphatic carbocycles. The Hall–Kier alpha value is -3.22. The molecule has 142 valence electrons. The van der Waals surface area contributed by atoms with E-state index < -0.39 is 11.7 Å². The highest BCUT2D eigenvalue weighted by Crippen LogP contribution is 2.35. The standard InChI is InChI=1S/C21H17F3N4/c1-14-5-3-10-27-28-13-16(12-26-20(14)28)18-8-4-9-25-19(18)15-6-2-7-17(11-15)21(22,23)24/h2,4,6-13H,3,5H2,1H3. The summed E-state index contributed by atoms with van der Waals surface area (Å²) < 4.78 is 39.4. The number of halogens is 3. The van der Waals surface area contributed by atoms with Gasteiger partial charge in [0.15, 0.2) is 5.82 Å². The van der Waals surface area contributed by atoms with Crippen molar-refractivity contribution in [2.24, 2.45) is 10.1 Å². The van der Waals surface area contributed by atoms with Crippen molar-refractivity contribution < 1.29 is 13.2 Å². The van der Waals surface area contributed by atoms with Gasteiger partial charge in [-0.25, -0.2) is 10.0 Å². The molecule has 4 rings (SSSR count). The maximum atomic E-state index is 13.1. The first-order valence-corrected chi connectivity index (χ1v) is 8.84. The fraction of sp³-hybridized carbons (Fsp3) is 0.190. The number of alkyl halides is 3. The van der Waals surface area contributed by atoms with Gasteiger partial charge in [-0.05, 0) is 43.5 Å². The molecule has 0 unspecified atom stereocenters. The van der Waals surface area contributed by atoms with Crippen LogP contribution in [-0.2, 0) is 6.18 Å². The van der Waals surface area contributed by atoms with Crippen molar-refractivity contribution in [1.29, 1.82) is 0 Å². The summed E-state index contributed by atoms with van der Waals surface area (Å²) in [5.74, 6) is 0.780. The van der Waals surface area contributed by atoms with Crippen LogP contribution < -0.4 is 0 Å². The molecule has 0 bridgehead atoms. The lowest BCUT2D eigenvalue weighted by atomic mass is 9.98. The molecule has 7 heteroatoms. The van der Waals surface area contributed by atoms with Gasteiger partial charge in [0.25, 0.3) is 0 Å². The molecular formula is C21H17F3N4. The minimum atomic E-state index is -4.41. The number of benzene rings is 1. The number of aromatic nitrogens is 1. The summed E-state index contributed by atoms with van der Waals surface area (Å²) >= 11 is 0. The first-order valence-electron chi connectivity index (χ1n) is 8.84. The van der Waals surface area contributed by atoms with Gasteiger partial charge in [0.05, 0.1) is 11.3 Å². The van der Waals surface area contributed by atoms with Crippen LogP contribution in [0.5, 0.6) is 0 Å². The number of fused-ring (bicyclic) bond motifs is 1. The normalized spacial score (nSPS) is 16.7.